The number of sulfone groups is 2. The van der Waals surface area contributed by atoms with Crippen molar-refractivity contribution in [3.05, 3.63) is 0 Å². The maximum absolute atomic E-state index is 12.9. The van der Waals surface area contributed by atoms with Crippen molar-refractivity contribution < 1.29 is 35.9 Å². The van der Waals surface area contributed by atoms with Crippen molar-refractivity contribution in [1.82, 2.24) is 0 Å². The summed E-state index contributed by atoms with van der Waals surface area (Å²) >= 11 is 0. The van der Waals surface area contributed by atoms with E-state index in [4.69, 9.17) is 0 Å². The monoisotopic (exact) mass is 893 g/mol. The van der Waals surface area contributed by atoms with E-state index in [0.717, 1.165) is 161 Å². The second-order valence-electron chi connectivity index (χ2n) is 17.7. The van der Waals surface area contributed by atoms with Crippen LogP contribution in [0.1, 0.15) is 272 Å². The molecule has 2 unspecified atom stereocenters. The summed E-state index contributed by atoms with van der Waals surface area (Å²) in [6.45, 7) is 8.77. The highest BCUT2D eigenvalue weighted by Gasteiger charge is 2.25. The molecule has 0 aliphatic carbocycles. The third-order valence-corrected chi connectivity index (χ3v) is 16.8. The van der Waals surface area contributed by atoms with E-state index in [1.807, 2.05) is 0 Å². The molecule has 360 valence electrons. The van der Waals surface area contributed by atoms with E-state index in [0.29, 0.717) is 24.3 Å². The second-order valence-corrected chi connectivity index (χ2v) is 22.5. The summed E-state index contributed by atoms with van der Waals surface area (Å²) < 4.78 is 61.0. The Balaban J connectivity index is 0. The lowest BCUT2D eigenvalue weighted by Crippen LogP contribution is -2.24. The Kier molecular flexibility index (Phi) is 45.1. The van der Waals surface area contributed by atoms with Crippen LogP contribution in [0.5, 0.6) is 0 Å². The minimum absolute atomic E-state index is 0.128. The van der Waals surface area contributed by atoms with Gasteiger partial charge in [-0.3, -0.25) is 9.59 Å². The largest absolute Gasteiger partial charge is 0.469 e. The summed E-state index contributed by atoms with van der Waals surface area (Å²) in [5.41, 5.74) is 0. The predicted octanol–water partition coefficient (Wildman–Crippen LogP) is 14.8. The fraction of sp³-hybridized carbons (Fsp3) is 0.960. The van der Waals surface area contributed by atoms with E-state index in [1.54, 1.807) is 0 Å². The highest BCUT2D eigenvalue weighted by molar-refractivity contribution is 7.92. The van der Waals surface area contributed by atoms with Gasteiger partial charge in [0.15, 0.2) is 19.7 Å². The number of carbonyl (C=O) groups excluding carboxylic acids is 2. The van der Waals surface area contributed by atoms with Crippen LogP contribution in [0.3, 0.4) is 0 Å². The average Bonchev–Trinajstić information content (AvgIpc) is 3.23. The van der Waals surface area contributed by atoms with Crippen LogP contribution < -0.4 is 0 Å². The van der Waals surface area contributed by atoms with Crippen LogP contribution in [0.2, 0.25) is 0 Å². The summed E-state index contributed by atoms with van der Waals surface area (Å²) in [7, 11) is -3.08. The fourth-order valence-corrected chi connectivity index (χ4v) is 12.0. The Labute approximate surface area is 373 Å². The Morgan fingerprint density at radius 1 is 0.333 bits per heavy atom. The molecule has 10 heteroatoms. The highest BCUT2D eigenvalue weighted by atomic mass is 32.2. The Hall–Kier alpha value is -1.16. The fourth-order valence-electron chi connectivity index (χ4n) is 8.01. The van der Waals surface area contributed by atoms with Crippen LogP contribution >= 0.6 is 0 Å². The molecule has 0 fully saturated rings. The molecule has 0 N–H and O–H groups in total. The molecule has 0 aromatic carbocycles. The van der Waals surface area contributed by atoms with E-state index in [2.05, 4.69) is 37.2 Å². The van der Waals surface area contributed by atoms with Crippen molar-refractivity contribution in [2.24, 2.45) is 0 Å². The van der Waals surface area contributed by atoms with Gasteiger partial charge >= 0.3 is 11.9 Å². The highest BCUT2D eigenvalue weighted by Crippen LogP contribution is 2.24. The van der Waals surface area contributed by atoms with Gasteiger partial charge in [0.05, 0.1) is 36.2 Å². The first-order valence-electron chi connectivity index (χ1n) is 25.5. The first-order chi connectivity index (χ1) is 28.9. The number of hydrogen-bond acceptors (Lipinski definition) is 8. The summed E-state index contributed by atoms with van der Waals surface area (Å²) in [6, 6.07) is 0. The van der Waals surface area contributed by atoms with Crippen molar-refractivity contribution >= 4 is 31.6 Å². The number of hydrogen-bond donors (Lipinski definition) is 0. The number of methoxy groups -OCH3 is 2. The molecule has 2 atom stereocenters. The Morgan fingerprint density at radius 2 is 0.550 bits per heavy atom. The van der Waals surface area contributed by atoms with Crippen molar-refractivity contribution in [3.63, 3.8) is 0 Å². The summed E-state index contributed by atoms with van der Waals surface area (Å²) in [5.74, 6) is 0.476. The number of unbranched alkanes of at least 4 members (excludes halogenated alkanes) is 26. The van der Waals surface area contributed by atoms with Gasteiger partial charge in [-0.25, -0.2) is 16.8 Å². The van der Waals surface area contributed by atoms with Crippen molar-refractivity contribution in [3.8, 4) is 0 Å². The van der Waals surface area contributed by atoms with Gasteiger partial charge in [0.25, 0.3) is 0 Å². The zero-order valence-electron chi connectivity index (χ0n) is 40.5. The molecular formula is C50H100O8S2. The molecule has 0 aromatic heterocycles. The van der Waals surface area contributed by atoms with E-state index >= 15 is 0 Å². The molecular weight excluding hydrogens is 793 g/mol. The van der Waals surface area contributed by atoms with E-state index < -0.39 is 19.7 Å². The molecule has 0 bridgehead atoms. The van der Waals surface area contributed by atoms with E-state index in [1.165, 1.54) is 84.8 Å². The molecule has 60 heavy (non-hydrogen) atoms. The SMILES string of the molecule is CCCCCCCCC(CCCCCCCCC(=O)OC)S(=O)(=O)CCCCCC.CCCCCCCCCC(CCCCCCCC(=O)OC)S(=O)(=O)CCCCCC. The first-order valence-corrected chi connectivity index (χ1v) is 28.9. The van der Waals surface area contributed by atoms with Gasteiger partial charge in [0.2, 0.25) is 0 Å². The lowest BCUT2D eigenvalue weighted by atomic mass is 10.0. The number of rotatable bonds is 44. The van der Waals surface area contributed by atoms with Crippen molar-refractivity contribution in [1.29, 1.82) is 0 Å². The van der Waals surface area contributed by atoms with E-state index in [-0.39, 0.29) is 22.4 Å². The number of esters is 2. The average molecular weight is 893 g/mol. The summed E-state index contributed by atoms with van der Waals surface area (Å²) in [5, 5.41) is -0.283. The molecule has 0 rings (SSSR count). The van der Waals surface area contributed by atoms with Crippen LogP contribution in [0.4, 0.5) is 0 Å². The van der Waals surface area contributed by atoms with Crippen molar-refractivity contribution in [2.75, 3.05) is 25.7 Å². The summed E-state index contributed by atoms with van der Waals surface area (Å²) in [6.07, 6.45) is 39.7. The molecule has 0 saturated heterocycles. The maximum atomic E-state index is 12.9. The molecule has 0 amide bonds. The van der Waals surface area contributed by atoms with Crippen LogP contribution in [-0.2, 0) is 38.7 Å². The predicted molar refractivity (Wildman–Crippen MR) is 257 cm³/mol. The molecule has 0 spiro atoms. The molecule has 0 saturated carbocycles. The van der Waals surface area contributed by atoms with Crippen LogP contribution in [-0.4, -0.2) is 65.0 Å². The Morgan fingerprint density at radius 3 is 0.800 bits per heavy atom. The minimum Gasteiger partial charge on any atom is -0.469 e. The number of ether oxygens (including phenoxy) is 2. The first kappa shape index (κ1) is 60.9. The van der Waals surface area contributed by atoms with Gasteiger partial charge in [-0.1, -0.05) is 207 Å². The molecule has 0 radical (unpaired) electrons. The van der Waals surface area contributed by atoms with Gasteiger partial charge in [-0.2, -0.15) is 0 Å². The maximum Gasteiger partial charge on any atom is 0.305 e. The standard InChI is InChI=1S/2C25H50O4S/c1-4-6-8-10-13-16-20-24(30(27,28)23-19-9-7-5-2)21-17-14-11-12-15-18-22-25(26)29-3;1-4-6-8-10-11-13-16-20-24(30(27,28)23-19-9-7-5-2)21-17-14-12-15-18-22-25(26)29-3/h2*24H,4-23H2,1-3H3. The van der Waals surface area contributed by atoms with Crippen LogP contribution in [0.25, 0.3) is 0 Å². The lowest BCUT2D eigenvalue weighted by Gasteiger charge is -2.18. The van der Waals surface area contributed by atoms with Gasteiger partial charge in [-0.15, -0.1) is 0 Å². The third-order valence-electron chi connectivity index (χ3n) is 12.1. The molecule has 0 aromatic rings. The zero-order chi connectivity index (χ0) is 45.0. The van der Waals surface area contributed by atoms with Crippen LogP contribution in [0, 0.1) is 0 Å². The minimum atomic E-state index is -2.98. The van der Waals surface area contributed by atoms with Gasteiger partial charge in [0.1, 0.15) is 0 Å². The van der Waals surface area contributed by atoms with E-state index in [9.17, 15) is 26.4 Å². The van der Waals surface area contributed by atoms with Gasteiger partial charge in [0, 0.05) is 12.8 Å². The molecule has 0 aliphatic rings. The number of carbonyl (C=O) groups is 2. The molecule has 8 nitrogen and oxygen atoms in total. The summed E-state index contributed by atoms with van der Waals surface area (Å²) in [4.78, 5) is 22.2. The van der Waals surface area contributed by atoms with Crippen molar-refractivity contribution in [2.45, 2.75) is 282 Å². The molecule has 0 heterocycles. The van der Waals surface area contributed by atoms with Gasteiger partial charge < -0.3 is 9.47 Å². The third kappa shape index (κ3) is 39.7. The smallest absolute Gasteiger partial charge is 0.305 e. The lowest BCUT2D eigenvalue weighted by molar-refractivity contribution is -0.141. The quantitative estimate of drug-likeness (QED) is 0.0438. The zero-order valence-corrected chi connectivity index (χ0v) is 42.2. The normalized spacial score (nSPS) is 12.8. The van der Waals surface area contributed by atoms with Gasteiger partial charge in [-0.05, 0) is 51.4 Å². The second kappa shape index (κ2) is 44.4. The topological polar surface area (TPSA) is 121 Å². The van der Waals surface area contributed by atoms with Crippen LogP contribution in [0.15, 0.2) is 0 Å². The Bertz CT molecular complexity index is 1150. The molecule has 0 aliphatic heterocycles.